The largest absolute Gasteiger partial charge is 0.316 e. The number of nitrogens with one attached hydrogen (secondary N) is 1. The minimum atomic E-state index is -0.248. The summed E-state index contributed by atoms with van der Waals surface area (Å²) in [5.41, 5.74) is 0.871. The van der Waals surface area contributed by atoms with E-state index >= 15 is 0 Å². The maximum atomic E-state index is 13.1. The van der Waals surface area contributed by atoms with Gasteiger partial charge in [0.15, 0.2) is 0 Å². The second-order valence-corrected chi connectivity index (χ2v) is 5.68. The van der Waals surface area contributed by atoms with E-state index in [1.807, 2.05) is 19.9 Å². The van der Waals surface area contributed by atoms with Crippen LogP contribution in [0, 0.1) is 11.7 Å². The number of benzene rings is 1. The van der Waals surface area contributed by atoms with Crippen molar-refractivity contribution >= 4 is 22.2 Å². The molecule has 1 amide bonds. The van der Waals surface area contributed by atoms with Crippen LogP contribution in [0.5, 0.6) is 0 Å². The molecule has 0 aliphatic heterocycles. The van der Waals surface area contributed by atoms with Crippen LogP contribution in [0.15, 0.2) is 30.5 Å². The van der Waals surface area contributed by atoms with Crippen molar-refractivity contribution in [2.45, 2.75) is 20.3 Å². The molecule has 19 heavy (non-hydrogen) atoms. The van der Waals surface area contributed by atoms with Gasteiger partial charge in [0.05, 0.1) is 11.2 Å². The van der Waals surface area contributed by atoms with Crippen LogP contribution in [0.4, 0.5) is 9.39 Å². The monoisotopic (exact) mass is 278 g/mol. The van der Waals surface area contributed by atoms with Gasteiger partial charge in [-0.25, -0.2) is 9.37 Å². The molecule has 0 aliphatic rings. The van der Waals surface area contributed by atoms with Crippen molar-refractivity contribution in [1.29, 1.82) is 0 Å². The molecular formula is C14H15FN2OS. The summed E-state index contributed by atoms with van der Waals surface area (Å²) < 4.78 is 13.1. The van der Waals surface area contributed by atoms with Gasteiger partial charge in [0, 0.05) is 12.3 Å². The molecule has 0 aliphatic carbocycles. The number of thiazole rings is 1. The number of aromatic nitrogens is 1. The standard InChI is InChI=1S/C14H15FN2OS/c1-9(2)14(18)17-13-8-16-12(19-13)7-10-4-3-5-11(15)6-10/h3-6,8-9H,7H2,1-2H3,(H,17,18). The summed E-state index contributed by atoms with van der Waals surface area (Å²) in [5, 5.41) is 4.38. The van der Waals surface area contributed by atoms with Gasteiger partial charge in [-0.2, -0.15) is 0 Å². The van der Waals surface area contributed by atoms with E-state index in [4.69, 9.17) is 0 Å². The molecule has 1 aromatic heterocycles. The first kappa shape index (κ1) is 13.7. The Bertz CT molecular complexity index is 580. The number of amides is 1. The molecule has 0 spiro atoms. The summed E-state index contributed by atoms with van der Waals surface area (Å²) in [4.78, 5) is 15.8. The predicted molar refractivity (Wildman–Crippen MR) is 74.8 cm³/mol. The zero-order valence-electron chi connectivity index (χ0n) is 10.8. The van der Waals surface area contributed by atoms with E-state index in [0.717, 1.165) is 15.6 Å². The quantitative estimate of drug-likeness (QED) is 0.930. The van der Waals surface area contributed by atoms with Gasteiger partial charge in [0.2, 0.25) is 5.91 Å². The number of halogens is 1. The molecule has 100 valence electrons. The Morgan fingerprint density at radius 3 is 2.95 bits per heavy atom. The van der Waals surface area contributed by atoms with E-state index in [9.17, 15) is 9.18 Å². The molecule has 2 rings (SSSR count). The summed E-state index contributed by atoms with van der Waals surface area (Å²) in [7, 11) is 0. The Balaban J connectivity index is 2.03. The number of nitrogens with zero attached hydrogens (tertiary/aromatic N) is 1. The molecular weight excluding hydrogens is 263 g/mol. The van der Waals surface area contributed by atoms with Crippen LogP contribution >= 0.6 is 11.3 Å². The van der Waals surface area contributed by atoms with Gasteiger partial charge in [-0.15, -0.1) is 11.3 Å². The first-order valence-electron chi connectivity index (χ1n) is 6.04. The van der Waals surface area contributed by atoms with Gasteiger partial charge < -0.3 is 5.32 Å². The zero-order valence-corrected chi connectivity index (χ0v) is 11.6. The summed E-state index contributed by atoms with van der Waals surface area (Å²) in [6.07, 6.45) is 2.21. The highest BCUT2D eigenvalue weighted by Gasteiger charge is 2.10. The van der Waals surface area contributed by atoms with Crippen molar-refractivity contribution < 1.29 is 9.18 Å². The lowest BCUT2D eigenvalue weighted by Crippen LogP contribution is -2.16. The van der Waals surface area contributed by atoms with Crippen LogP contribution in [0.1, 0.15) is 24.4 Å². The fourth-order valence-corrected chi connectivity index (χ4v) is 2.39. The zero-order chi connectivity index (χ0) is 13.8. The summed E-state index contributed by atoms with van der Waals surface area (Å²) >= 11 is 1.41. The number of rotatable bonds is 4. The third-order valence-electron chi connectivity index (χ3n) is 2.57. The first-order chi connectivity index (χ1) is 9.04. The maximum absolute atomic E-state index is 13.1. The van der Waals surface area contributed by atoms with E-state index in [1.165, 1.54) is 23.5 Å². The van der Waals surface area contributed by atoms with Crippen molar-refractivity contribution in [3.63, 3.8) is 0 Å². The second kappa shape index (κ2) is 5.93. The summed E-state index contributed by atoms with van der Waals surface area (Å²) in [6, 6.07) is 6.45. The van der Waals surface area contributed by atoms with Crippen molar-refractivity contribution in [3.05, 3.63) is 46.9 Å². The predicted octanol–water partition coefficient (Wildman–Crippen LogP) is 3.47. The molecule has 0 bridgehead atoms. The maximum Gasteiger partial charge on any atom is 0.227 e. The van der Waals surface area contributed by atoms with Crippen LogP contribution in [0.25, 0.3) is 0 Å². The lowest BCUT2D eigenvalue weighted by atomic mass is 10.1. The van der Waals surface area contributed by atoms with Crippen LogP contribution in [0.2, 0.25) is 0 Å². The van der Waals surface area contributed by atoms with E-state index in [0.29, 0.717) is 6.42 Å². The average Bonchev–Trinajstić information content (AvgIpc) is 2.76. The van der Waals surface area contributed by atoms with Crippen LogP contribution < -0.4 is 5.32 Å². The van der Waals surface area contributed by atoms with Gasteiger partial charge >= 0.3 is 0 Å². The van der Waals surface area contributed by atoms with Crippen molar-refractivity contribution in [3.8, 4) is 0 Å². The van der Waals surface area contributed by atoms with Crippen molar-refractivity contribution in [2.75, 3.05) is 5.32 Å². The third-order valence-corrected chi connectivity index (χ3v) is 3.48. The van der Waals surface area contributed by atoms with Gasteiger partial charge in [-0.05, 0) is 17.7 Å². The third kappa shape index (κ3) is 3.86. The van der Waals surface area contributed by atoms with E-state index < -0.39 is 0 Å². The molecule has 0 saturated heterocycles. The Hall–Kier alpha value is -1.75. The fraction of sp³-hybridized carbons (Fsp3) is 0.286. The molecule has 0 radical (unpaired) electrons. The van der Waals surface area contributed by atoms with E-state index in [-0.39, 0.29) is 17.6 Å². The van der Waals surface area contributed by atoms with Crippen LogP contribution in [0.3, 0.4) is 0 Å². The van der Waals surface area contributed by atoms with E-state index in [1.54, 1.807) is 12.3 Å². The first-order valence-corrected chi connectivity index (χ1v) is 6.86. The molecule has 0 fully saturated rings. The topological polar surface area (TPSA) is 42.0 Å². The number of anilines is 1. The average molecular weight is 278 g/mol. The molecule has 1 N–H and O–H groups in total. The number of hydrogen-bond donors (Lipinski definition) is 1. The summed E-state index contributed by atoms with van der Waals surface area (Å²) in [6.45, 7) is 3.67. The van der Waals surface area contributed by atoms with Gasteiger partial charge in [0.25, 0.3) is 0 Å². The fourth-order valence-electron chi connectivity index (χ4n) is 1.54. The minimum absolute atomic E-state index is 0.0269. The Labute approximate surface area is 115 Å². The Kier molecular flexibility index (Phi) is 4.27. The van der Waals surface area contributed by atoms with Crippen molar-refractivity contribution in [2.24, 2.45) is 5.92 Å². The molecule has 0 unspecified atom stereocenters. The highest BCUT2D eigenvalue weighted by molar-refractivity contribution is 7.15. The number of carbonyl (C=O) groups excluding carboxylic acids is 1. The number of carbonyl (C=O) groups is 1. The Morgan fingerprint density at radius 1 is 1.47 bits per heavy atom. The smallest absolute Gasteiger partial charge is 0.227 e. The molecule has 0 atom stereocenters. The van der Waals surface area contributed by atoms with Gasteiger partial charge in [0.1, 0.15) is 10.8 Å². The number of hydrogen-bond acceptors (Lipinski definition) is 3. The SMILES string of the molecule is CC(C)C(=O)Nc1cnc(Cc2cccc(F)c2)s1. The molecule has 2 aromatic rings. The lowest BCUT2D eigenvalue weighted by molar-refractivity contribution is -0.118. The summed E-state index contributed by atoms with van der Waals surface area (Å²) in [5.74, 6) is -0.336. The molecule has 1 heterocycles. The van der Waals surface area contributed by atoms with E-state index in [2.05, 4.69) is 10.3 Å². The van der Waals surface area contributed by atoms with Gasteiger partial charge in [-0.3, -0.25) is 4.79 Å². The Morgan fingerprint density at radius 2 is 2.26 bits per heavy atom. The molecule has 0 saturated carbocycles. The minimum Gasteiger partial charge on any atom is -0.316 e. The lowest BCUT2D eigenvalue weighted by Gasteiger charge is -2.03. The van der Waals surface area contributed by atoms with Crippen molar-refractivity contribution in [1.82, 2.24) is 4.98 Å². The highest BCUT2D eigenvalue weighted by atomic mass is 32.1. The van der Waals surface area contributed by atoms with Crippen LogP contribution in [-0.4, -0.2) is 10.9 Å². The highest BCUT2D eigenvalue weighted by Crippen LogP contribution is 2.22. The second-order valence-electron chi connectivity index (χ2n) is 4.57. The normalized spacial score (nSPS) is 10.7. The van der Waals surface area contributed by atoms with Crippen LogP contribution in [-0.2, 0) is 11.2 Å². The van der Waals surface area contributed by atoms with Gasteiger partial charge in [-0.1, -0.05) is 26.0 Å². The molecule has 5 heteroatoms. The molecule has 3 nitrogen and oxygen atoms in total. The molecule has 1 aromatic carbocycles.